The summed E-state index contributed by atoms with van der Waals surface area (Å²) in [4.78, 5) is 11.0. The summed E-state index contributed by atoms with van der Waals surface area (Å²) in [7, 11) is -3.50. The Balaban J connectivity index is 2.50. The Labute approximate surface area is 101 Å². The molecule has 1 N–H and O–H groups in total. The Morgan fingerprint density at radius 1 is 1.29 bits per heavy atom. The standard InChI is InChI=1S/C11H15NO4S/c1-2-16-11(13)8-9-17(14,15)12-10-6-4-3-5-7-10/h3-7,12H,2,8-9H2,1H3. The van der Waals surface area contributed by atoms with Gasteiger partial charge in [-0.15, -0.1) is 0 Å². The van der Waals surface area contributed by atoms with Gasteiger partial charge in [-0.05, 0) is 19.1 Å². The number of carbonyl (C=O) groups excluding carboxylic acids is 1. The van der Waals surface area contributed by atoms with Gasteiger partial charge in [0, 0.05) is 5.69 Å². The fraction of sp³-hybridized carbons (Fsp3) is 0.364. The lowest BCUT2D eigenvalue weighted by Gasteiger charge is -2.07. The number of hydrogen-bond acceptors (Lipinski definition) is 4. The van der Waals surface area contributed by atoms with Crippen molar-refractivity contribution in [1.29, 1.82) is 0 Å². The monoisotopic (exact) mass is 257 g/mol. The molecule has 0 fully saturated rings. The van der Waals surface area contributed by atoms with E-state index in [0.717, 1.165) is 0 Å². The zero-order chi connectivity index (χ0) is 12.7. The number of carbonyl (C=O) groups is 1. The molecule has 0 bridgehead atoms. The quantitative estimate of drug-likeness (QED) is 0.781. The van der Waals surface area contributed by atoms with E-state index in [1.54, 1.807) is 37.3 Å². The Hall–Kier alpha value is -1.56. The van der Waals surface area contributed by atoms with Crippen LogP contribution < -0.4 is 4.72 Å². The summed E-state index contributed by atoms with van der Waals surface area (Å²) in [6, 6.07) is 8.52. The molecule has 0 atom stereocenters. The fourth-order valence-corrected chi connectivity index (χ4v) is 2.22. The summed E-state index contributed by atoms with van der Waals surface area (Å²) >= 11 is 0. The SMILES string of the molecule is CCOC(=O)CCS(=O)(=O)Nc1ccccc1. The van der Waals surface area contributed by atoms with E-state index < -0.39 is 16.0 Å². The molecule has 0 radical (unpaired) electrons. The second-order valence-electron chi connectivity index (χ2n) is 3.34. The molecular formula is C11H15NO4S. The third-order valence-corrected chi connectivity index (χ3v) is 3.22. The molecule has 0 heterocycles. The molecule has 94 valence electrons. The van der Waals surface area contributed by atoms with Gasteiger partial charge in [0.05, 0.1) is 18.8 Å². The van der Waals surface area contributed by atoms with Gasteiger partial charge >= 0.3 is 5.97 Å². The van der Waals surface area contributed by atoms with Gasteiger partial charge < -0.3 is 4.74 Å². The maximum Gasteiger partial charge on any atom is 0.306 e. The first-order valence-corrected chi connectivity index (χ1v) is 6.90. The van der Waals surface area contributed by atoms with Crippen LogP contribution in [0.25, 0.3) is 0 Å². The normalized spacial score (nSPS) is 10.9. The first kappa shape index (κ1) is 13.5. The predicted molar refractivity (Wildman–Crippen MR) is 65.1 cm³/mol. The van der Waals surface area contributed by atoms with E-state index in [1.165, 1.54) is 0 Å². The van der Waals surface area contributed by atoms with Crippen molar-refractivity contribution < 1.29 is 17.9 Å². The number of ether oxygens (including phenoxy) is 1. The van der Waals surface area contributed by atoms with Crippen molar-refractivity contribution in [2.45, 2.75) is 13.3 Å². The number of rotatable bonds is 6. The molecule has 0 aliphatic heterocycles. The van der Waals surface area contributed by atoms with E-state index >= 15 is 0 Å². The molecule has 0 aliphatic carbocycles. The highest BCUT2D eigenvalue weighted by Crippen LogP contribution is 2.08. The summed E-state index contributed by atoms with van der Waals surface area (Å²) in [5.41, 5.74) is 0.483. The lowest BCUT2D eigenvalue weighted by molar-refractivity contribution is -0.142. The molecule has 5 nitrogen and oxygen atoms in total. The van der Waals surface area contributed by atoms with Crippen molar-refractivity contribution >= 4 is 21.7 Å². The average molecular weight is 257 g/mol. The van der Waals surface area contributed by atoms with Crippen LogP contribution in [0.2, 0.25) is 0 Å². The predicted octanol–water partition coefficient (Wildman–Crippen LogP) is 1.38. The zero-order valence-corrected chi connectivity index (χ0v) is 10.4. The molecule has 0 aromatic heterocycles. The lowest BCUT2D eigenvalue weighted by atomic mass is 10.3. The minimum absolute atomic E-state index is 0.143. The molecule has 0 saturated heterocycles. The molecule has 0 aliphatic rings. The van der Waals surface area contributed by atoms with Gasteiger partial charge in [-0.3, -0.25) is 9.52 Å². The Bertz CT molecular complexity index is 456. The molecular weight excluding hydrogens is 242 g/mol. The van der Waals surface area contributed by atoms with E-state index in [2.05, 4.69) is 9.46 Å². The summed E-state index contributed by atoms with van der Waals surface area (Å²) in [5, 5.41) is 0. The van der Waals surface area contributed by atoms with Gasteiger partial charge in [0.15, 0.2) is 0 Å². The minimum Gasteiger partial charge on any atom is -0.466 e. The Morgan fingerprint density at radius 3 is 2.53 bits per heavy atom. The highest BCUT2D eigenvalue weighted by Gasteiger charge is 2.13. The molecule has 0 amide bonds. The molecule has 1 aromatic rings. The van der Waals surface area contributed by atoms with E-state index in [-0.39, 0.29) is 18.8 Å². The van der Waals surface area contributed by atoms with E-state index in [4.69, 9.17) is 0 Å². The van der Waals surface area contributed by atoms with E-state index in [9.17, 15) is 13.2 Å². The van der Waals surface area contributed by atoms with Crippen LogP contribution in [0, 0.1) is 0 Å². The number of nitrogens with one attached hydrogen (secondary N) is 1. The average Bonchev–Trinajstić information content (AvgIpc) is 2.28. The van der Waals surface area contributed by atoms with Crippen LogP contribution in [0.5, 0.6) is 0 Å². The fourth-order valence-electron chi connectivity index (χ4n) is 1.19. The number of esters is 1. The molecule has 17 heavy (non-hydrogen) atoms. The maximum atomic E-state index is 11.6. The van der Waals surface area contributed by atoms with Gasteiger partial charge in [0.25, 0.3) is 0 Å². The van der Waals surface area contributed by atoms with E-state index in [1.807, 2.05) is 0 Å². The van der Waals surface area contributed by atoms with Crippen molar-refractivity contribution in [3.05, 3.63) is 30.3 Å². The van der Waals surface area contributed by atoms with Crippen LogP contribution in [0.1, 0.15) is 13.3 Å². The topological polar surface area (TPSA) is 72.5 Å². The van der Waals surface area contributed by atoms with Crippen LogP contribution in [0.3, 0.4) is 0 Å². The second-order valence-corrected chi connectivity index (χ2v) is 5.18. The highest BCUT2D eigenvalue weighted by molar-refractivity contribution is 7.92. The highest BCUT2D eigenvalue weighted by atomic mass is 32.2. The van der Waals surface area contributed by atoms with Gasteiger partial charge in [-0.2, -0.15) is 0 Å². The maximum absolute atomic E-state index is 11.6. The number of anilines is 1. The minimum atomic E-state index is -3.50. The van der Waals surface area contributed by atoms with Crippen molar-refractivity contribution in [2.24, 2.45) is 0 Å². The zero-order valence-electron chi connectivity index (χ0n) is 9.55. The first-order valence-electron chi connectivity index (χ1n) is 5.24. The van der Waals surface area contributed by atoms with Gasteiger partial charge in [-0.25, -0.2) is 8.42 Å². The van der Waals surface area contributed by atoms with Crippen LogP contribution in [0.4, 0.5) is 5.69 Å². The number of hydrogen-bond donors (Lipinski definition) is 1. The largest absolute Gasteiger partial charge is 0.466 e. The second kappa shape index (κ2) is 6.24. The van der Waals surface area contributed by atoms with Crippen molar-refractivity contribution in [1.82, 2.24) is 0 Å². The van der Waals surface area contributed by atoms with Crippen LogP contribution in [-0.4, -0.2) is 26.7 Å². The smallest absolute Gasteiger partial charge is 0.306 e. The number of para-hydroxylation sites is 1. The summed E-state index contributed by atoms with van der Waals surface area (Å²) in [6.07, 6.45) is -0.143. The van der Waals surface area contributed by atoms with E-state index in [0.29, 0.717) is 5.69 Å². The van der Waals surface area contributed by atoms with Crippen LogP contribution in [-0.2, 0) is 19.6 Å². The molecule has 0 saturated carbocycles. The van der Waals surface area contributed by atoms with Gasteiger partial charge in [0.1, 0.15) is 0 Å². The summed E-state index contributed by atoms with van der Waals surface area (Å²) in [5.74, 6) is -0.785. The summed E-state index contributed by atoms with van der Waals surface area (Å²) in [6.45, 7) is 1.93. The number of benzene rings is 1. The van der Waals surface area contributed by atoms with Crippen LogP contribution >= 0.6 is 0 Å². The van der Waals surface area contributed by atoms with Crippen molar-refractivity contribution in [3.63, 3.8) is 0 Å². The third-order valence-electron chi connectivity index (χ3n) is 1.93. The Kier molecular flexibility index (Phi) is 4.96. The Morgan fingerprint density at radius 2 is 1.94 bits per heavy atom. The molecule has 1 rings (SSSR count). The van der Waals surface area contributed by atoms with Crippen LogP contribution in [0.15, 0.2) is 30.3 Å². The van der Waals surface area contributed by atoms with Gasteiger partial charge in [0.2, 0.25) is 10.0 Å². The van der Waals surface area contributed by atoms with Crippen molar-refractivity contribution in [2.75, 3.05) is 17.1 Å². The number of sulfonamides is 1. The first-order chi connectivity index (χ1) is 8.03. The molecule has 6 heteroatoms. The van der Waals surface area contributed by atoms with Crippen molar-refractivity contribution in [3.8, 4) is 0 Å². The molecule has 0 unspecified atom stereocenters. The lowest BCUT2D eigenvalue weighted by Crippen LogP contribution is -2.19. The molecule has 0 spiro atoms. The van der Waals surface area contributed by atoms with Gasteiger partial charge in [-0.1, -0.05) is 18.2 Å². The summed E-state index contributed by atoms with van der Waals surface area (Å²) < 4.78 is 30.2. The molecule has 1 aromatic carbocycles. The third kappa shape index (κ3) is 5.35.